The van der Waals surface area contributed by atoms with E-state index in [-0.39, 0.29) is 29.8 Å². The number of nitrogens with zero attached hydrogens (tertiary/aromatic N) is 3. The first-order valence-electron chi connectivity index (χ1n) is 8.63. The van der Waals surface area contributed by atoms with Crippen LogP contribution in [-0.4, -0.2) is 32.3 Å². The van der Waals surface area contributed by atoms with Crippen LogP contribution in [0.1, 0.15) is 5.82 Å². The minimum atomic E-state index is -0.384. The molecule has 0 atom stereocenters. The normalized spacial score (nSPS) is 10.7. The van der Waals surface area contributed by atoms with Crippen LogP contribution in [0.25, 0.3) is 0 Å². The topological polar surface area (TPSA) is 88.9 Å². The molecular weight excluding hydrogens is 452 g/mol. The van der Waals surface area contributed by atoms with Crippen LogP contribution in [0.4, 0.5) is 15.8 Å². The Morgan fingerprint density at radius 1 is 1.07 bits per heavy atom. The monoisotopic (exact) mass is 467 g/mol. The molecule has 0 aliphatic carbocycles. The molecule has 1 aromatic heterocycles. The summed E-state index contributed by atoms with van der Waals surface area (Å²) in [7, 11) is 1.71. The molecule has 11 heteroatoms. The van der Waals surface area contributed by atoms with Crippen LogP contribution in [0.15, 0.2) is 47.6 Å². The van der Waals surface area contributed by atoms with Gasteiger partial charge in [0.25, 0.3) is 0 Å². The van der Waals surface area contributed by atoms with Crippen LogP contribution >= 0.6 is 35.0 Å². The van der Waals surface area contributed by atoms with Gasteiger partial charge in [0.2, 0.25) is 11.8 Å². The fraction of sp³-hybridized carbons (Fsp3) is 0.158. The molecular formula is C19H16Cl2FN5O2S. The van der Waals surface area contributed by atoms with Crippen LogP contribution in [0, 0.1) is 5.82 Å². The highest BCUT2D eigenvalue weighted by Gasteiger charge is 2.15. The van der Waals surface area contributed by atoms with Crippen molar-refractivity contribution >= 4 is 58.2 Å². The lowest BCUT2D eigenvalue weighted by molar-refractivity contribution is -0.116. The van der Waals surface area contributed by atoms with E-state index < -0.39 is 0 Å². The zero-order valence-electron chi connectivity index (χ0n) is 15.7. The molecule has 0 aliphatic heterocycles. The number of nitrogens with one attached hydrogen (secondary N) is 2. The fourth-order valence-electron chi connectivity index (χ4n) is 2.41. The molecule has 3 rings (SSSR count). The molecule has 2 aromatic carbocycles. The van der Waals surface area contributed by atoms with Crippen molar-refractivity contribution in [1.82, 2.24) is 14.8 Å². The van der Waals surface area contributed by atoms with E-state index in [1.54, 1.807) is 23.7 Å². The SMILES string of the molecule is Cn1c(CC(=O)Nc2ccc(F)cc2)nnc1SCC(=O)Nc1ccc(Cl)cc1Cl. The highest BCUT2D eigenvalue weighted by atomic mass is 35.5. The molecule has 1 heterocycles. The Morgan fingerprint density at radius 3 is 2.50 bits per heavy atom. The second-order valence-electron chi connectivity index (χ2n) is 6.15. The van der Waals surface area contributed by atoms with Gasteiger partial charge in [-0.2, -0.15) is 0 Å². The van der Waals surface area contributed by atoms with Gasteiger partial charge in [0.1, 0.15) is 11.6 Å². The van der Waals surface area contributed by atoms with Gasteiger partial charge in [-0.3, -0.25) is 9.59 Å². The lowest BCUT2D eigenvalue weighted by atomic mass is 10.3. The number of rotatable bonds is 7. The van der Waals surface area contributed by atoms with Crippen LogP contribution in [0.5, 0.6) is 0 Å². The molecule has 30 heavy (non-hydrogen) atoms. The number of carbonyl (C=O) groups excluding carboxylic acids is 2. The van der Waals surface area contributed by atoms with Gasteiger partial charge in [0, 0.05) is 17.8 Å². The first kappa shape index (κ1) is 22.1. The van der Waals surface area contributed by atoms with Gasteiger partial charge < -0.3 is 15.2 Å². The Hall–Kier alpha value is -2.62. The Morgan fingerprint density at radius 2 is 1.80 bits per heavy atom. The molecule has 0 radical (unpaired) electrons. The molecule has 7 nitrogen and oxygen atoms in total. The number of thioether (sulfide) groups is 1. The predicted octanol–water partition coefficient (Wildman–Crippen LogP) is 4.17. The van der Waals surface area contributed by atoms with Crippen molar-refractivity contribution in [2.24, 2.45) is 7.05 Å². The zero-order valence-corrected chi connectivity index (χ0v) is 18.0. The molecule has 0 aliphatic rings. The van der Waals surface area contributed by atoms with Crippen molar-refractivity contribution in [2.45, 2.75) is 11.6 Å². The number of aromatic nitrogens is 3. The number of amides is 2. The van der Waals surface area contributed by atoms with Gasteiger partial charge in [-0.25, -0.2) is 4.39 Å². The maximum atomic E-state index is 12.9. The summed E-state index contributed by atoms with van der Waals surface area (Å²) in [6.07, 6.45) is -0.0198. The minimum Gasteiger partial charge on any atom is -0.326 e. The second kappa shape index (κ2) is 9.92. The maximum Gasteiger partial charge on any atom is 0.234 e. The molecule has 0 fully saturated rings. The average Bonchev–Trinajstić information content (AvgIpc) is 3.04. The van der Waals surface area contributed by atoms with Gasteiger partial charge in [0.15, 0.2) is 5.16 Å². The van der Waals surface area contributed by atoms with E-state index in [0.29, 0.717) is 32.4 Å². The number of benzene rings is 2. The van der Waals surface area contributed by atoms with E-state index >= 15 is 0 Å². The Labute approximate surface area is 186 Å². The van der Waals surface area contributed by atoms with E-state index in [1.807, 2.05) is 0 Å². The summed E-state index contributed by atoms with van der Waals surface area (Å²) < 4.78 is 14.6. The largest absolute Gasteiger partial charge is 0.326 e. The average molecular weight is 468 g/mol. The van der Waals surface area contributed by atoms with Crippen LogP contribution < -0.4 is 10.6 Å². The number of anilines is 2. The third kappa shape index (κ3) is 5.94. The van der Waals surface area contributed by atoms with Crippen molar-refractivity contribution in [3.63, 3.8) is 0 Å². The van der Waals surface area contributed by atoms with Gasteiger partial charge >= 0.3 is 0 Å². The number of hydrogen-bond acceptors (Lipinski definition) is 5. The summed E-state index contributed by atoms with van der Waals surface area (Å²) >= 11 is 13.1. The van der Waals surface area contributed by atoms with Gasteiger partial charge in [-0.1, -0.05) is 35.0 Å². The lowest BCUT2D eigenvalue weighted by Gasteiger charge is -2.08. The summed E-state index contributed by atoms with van der Waals surface area (Å²) in [5.74, 6) is -0.470. The van der Waals surface area contributed by atoms with E-state index in [2.05, 4.69) is 20.8 Å². The summed E-state index contributed by atoms with van der Waals surface area (Å²) in [6.45, 7) is 0. The van der Waals surface area contributed by atoms with Gasteiger partial charge in [0.05, 0.1) is 22.9 Å². The van der Waals surface area contributed by atoms with Crippen LogP contribution in [0.3, 0.4) is 0 Å². The van der Waals surface area contributed by atoms with E-state index in [0.717, 1.165) is 0 Å². The Bertz CT molecular complexity index is 1080. The quantitative estimate of drug-likeness (QED) is 0.508. The van der Waals surface area contributed by atoms with E-state index in [1.165, 1.54) is 42.1 Å². The first-order valence-corrected chi connectivity index (χ1v) is 10.4. The molecule has 0 bridgehead atoms. The number of carbonyl (C=O) groups is 2. The third-order valence-electron chi connectivity index (χ3n) is 3.91. The van der Waals surface area contributed by atoms with Crippen LogP contribution in [-0.2, 0) is 23.1 Å². The fourth-order valence-corrected chi connectivity index (χ4v) is 3.60. The summed E-state index contributed by atoms with van der Waals surface area (Å²) in [4.78, 5) is 24.3. The highest BCUT2D eigenvalue weighted by molar-refractivity contribution is 7.99. The molecule has 0 saturated carbocycles. The molecule has 3 aromatic rings. The van der Waals surface area contributed by atoms with Gasteiger partial charge in [-0.15, -0.1) is 10.2 Å². The second-order valence-corrected chi connectivity index (χ2v) is 7.94. The van der Waals surface area contributed by atoms with Crippen molar-refractivity contribution in [3.05, 3.63) is 64.2 Å². The standard InChI is InChI=1S/C19H16Cl2FN5O2S/c1-27-16(9-17(28)23-13-5-3-12(22)4-6-13)25-26-19(27)30-10-18(29)24-15-7-2-11(20)8-14(15)21/h2-8H,9-10H2,1H3,(H,23,28)(H,24,29). The van der Waals surface area contributed by atoms with Crippen molar-refractivity contribution in [2.75, 3.05) is 16.4 Å². The van der Waals surface area contributed by atoms with E-state index in [9.17, 15) is 14.0 Å². The molecule has 2 N–H and O–H groups in total. The number of hydrogen-bond donors (Lipinski definition) is 2. The maximum absolute atomic E-state index is 12.9. The molecule has 2 amide bonds. The lowest BCUT2D eigenvalue weighted by Crippen LogP contribution is -2.17. The Balaban J connectivity index is 1.53. The number of halogens is 3. The predicted molar refractivity (Wildman–Crippen MR) is 116 cm³/mol. The van der Waals surface area contributed by atoms with Crippen LogP contribution in [0.2, 0.25) is 10.0 Å². The van der Waals surface area contributed by atoms with E-state index in [4.69, 9.17) is 23.2 Å². The zero-order chi connectivity index (χ0) is 21.7. The van der Waals surface area contributed by atoms with Crippen molar-refractivity contribution < 1.29 is 14.0 Å². The molecule has 0 saturated heterocycles. The molecule has 0 unspecified atom stereocenters. The molecule has 156 valence electrons. The summed E-state index contributed by atoms with van der Waals surface area (Å²) in [5.41, 5.74) is 0.943. The van der Waals surface area contributed by atoms with Crippen molar-refractivity contribution in [3.8, 4) is 0 Å². The molecule has 0 spiro atoms. The van der Waals surface area contributed by atoms with Crippen molar-refractivity contribution in [1.29, 1.82) is 0 Å². The summed E-state index contributed by atoms with van der Waals surface area (Å²) in [5, 5.41) is 14.7. The third-order valence-corrected chi connectivity index (χ3v) is 5.48. The summed E-state index contributed by atoms with van der Waals surface area (Å²) in [6, 6.07) is 10.2. The highest BCUT2D eigenvalue weighted by Crippen LogP contribution is 2.26. The minimum absolute atomic E-state index is 0.0198. The first-order chi connectivity index (χ1) is 14.3. The Kier molecular flexibility index (Phi) is 7.30. The van der Waals surface area contributed by atoms with Gasteiger partial charge in [-0.05, 0) is 42.5 Å². The smallest absolute Gasteiger partial charge is 0.234 e.